The van der Waals surface area contributed by atoms with Gasteiger partial charge in [0.15, 0.2) is 0 Å². The number of ether oxygens (including phenoxy) is 2. The van der Waals surface area contributed by atoms with E-state index in [1.807, 2.05) is 0 Å². The van der Waals surface area contributed by atoms with E-state index in [1.54, 1.807) is 0 Å². The standard InChI is InChI=1S/C14H16F3NO6/c1-4-23-8(19)6-7-9(13(22)24-5-2)10(14(15,16)17)11(12(20)21)18(7)3/h4-6H2,1-3H3,(H,20,21). The van der Waals surface area contributed by atoms with Crippen molar-refractivity contribution in [2.75, 3.05) is 13.2 Å². The number of halogens is 3. The number of aromatic carboxylic acids is 1. The van der Waals surface area contributed by atoms with E-state index < -0.39 is 53.0 Å². The van der Waals surface area contributed by atoms with Crippen molar-refractivity contribution in [3.05, 3.63) is 22.5 Å². The minimum absolute atomic E-state index is 0.0179. The summed E-state index contributed by atoms with van der Waals surface area (Å²) in [6.07, 6.45) is -5.82. The molecule has 134 valence electrons. The third-order valence-electron chi connectivity index (χ3n) is 3.10. The summed E-state index contributed by atoms with van der Waals surface area (Å²) in [6, 6.07) is 0. The van der Waals surface area contributed by atoms with Gasteiger partial charge in [-0.1, -0.05) is 0 Å². The van der Waals surface area contributed by atoms with Gasteiger partial charge in [-0.05, 0) is 13.8 Å². The van der Waals surface area contributed by atoms with Crippen molar-refractivity contribution >= 4 is 17.9 Å². The first-order chi connectivity index (χ1) is 11.1. The third-order valence-corrected chi connectivity index (χ3v) is 3.10. The molecule has 0 aliphatic heterocycles. The van der Waals surface area contributed by atoms with Crippen molar-refractivity contribution < 1.29 is 42.1 Å². The molecule has 1 N–H and O–H groups in total. The van der Waals surface area contributed by atoms with Crippen LogP contribution in [0.2, 0.25) is 0 Å². The zero-order valence-electron chi connectivity index (χ0n) is 13.2. The van der Waals surface area contributed by atoms with Crippen LogP contribution in [0.15, 0.2) is 0 Å². The average molecular weight is 351 g/mol. The number of carbonyl (C=O) groups is 3. The lowest BCUT2D eigenvalue weighted by Gasteiger charge is -2.10. The second kappa shape index (κ2) is 7.37. The van der Waals surface area contributed by atoms with Crippen LogP contribution >= 0.6 is 0 Å². The Morgan fingerprint density at radius 1 is 1.12 bits per heavy atom. The van der Waals surface area contributed by atoms with Gasteiger partial charge in [0.25, 0.3) is 0 Å². The molecule has 24 heavy (non-hydrogen) atoms. The van der Waals surface area contributed by atoms with E-state index in [0.29, 0.717) is 4.57 Å². The number of hydrogen-bond donors (Lipinski definition) is 1. The Kier molecular flexibility index (Phi) is 5.99. The molecule has 0 saturated heterocycles. The van der Waals surface area contributed by atoms with Crippen molar-refractivity contribution in [2.45, 2.75) is 26.4 Å². The number of carboxylic acid groups (broad SMARTS) is 1. The van der Waals surface area contributed by atoms with Gasteiger partial charge in [-0.3, -0.25) is 4.79 Å². The quantitative estimate of drug-likeness (QED) is 0.788. The first kappa shape index (κ1) is 19.5. The lowest BCUT2D eigenvalue weighted by molar-refractivity contribution is -0.142. The molecule has 0 aliphatic rings. The molecule has 0 radical (unpaired) electrons. The Balaban J connectivity index is 3.70. The predicted molar refractivity (Wildman–Crippen MR) is 73.7 cm³/mol. The minimum atomic E-state index is -5.12. The normalized spacial score (nSPS) is 11.2. The number of rotatable bonds is 6. The van der Waals surface area contributed by atoms with Crippen LogP contribution < -0.4 is 0 Å². The van der Waals surface area contributed by atoms with Crippen LogP contribution in [0.25, 0.3) is 0 Å². The van der Waals surface area contributed by atoms with E-state index >= 15 is 0 Å². The number of aromatic nitrogens is 1. The van der Waals surface area contributed by atoms with E-state index in [0.717, 1.165) is 7.05 Å². The molecular formula is C14H16F3NO6. The Morgan fingerprint density at radius 3 is 2.08 bits per heavy atom. The van der Waals surface area contributed by atoms with Crippen LogP contribution in [0.1, 0.15) is 46.0 Å². The molecule has 1 heterocycles. The van der Waals surface area contributed by atoms with E-state index in [2.05, 4.69) is 9.47 Å². The summed E-state index contributed by atoms with van der Waals surface area (Å²) in [4.78, 5) is 34.9. The summed E-state index contributed by atoms with van der Waals surface area (Å²) in [7, 11) is 1.02. The summed E-state index contributed by atoms with van der Waals surface area (Å²) in [5, 5.41) is 9.11. The van der Waals surface area contributed by atoms with Crippen molar-refractivity contribution in [3.63, 3.8) is 0 Å². The van der Waals surface area contributed by atoms with Gasteiger partial charge >= 0.3 is 24.1 Å². The fourth-order valence-electron chi connectivity index (χ4n) is 2.24. The Labute approximate surface area is 135 Å². The van der Waals surface area contributed by atoms with Gasteiger partial charge in [0.05, 0.1) is 25.2 Å². The largest absolute Gasteiger partial charge is 0.477 e. The fourth-order valence-corrected chi connectivity index (χ4v) is 2.24. The second-order valence-corrected chi connectivity index (χ2v) is 4.61. The van der Waals surface area contributed by atoms with Gasteiger partial charge in [0, 0.05) is 12.7 Å². The van der Waals surface area contributed by atoms with E-state index in [4.69, 9.17) is 5.11 Å². The molecule has 0 aromatic carbocycles. The van der Waals surface area contributed by atoms with Crippen LogP contribution in [0.5, 0.6) is 0 Å². The van der Waals surface area contributed by atoms with Gasteiger partial charge in [-0.2, -0.15) is 13.2 Å². The van der Waals surface area contributed by atoms with Crippen LogP contribution in [0.3, 0.4) is 0 Å². The van der Waals surface area contributed by atoms with Gasteiger partial charge in [-0.15, -0.1) is 0 Å². The maximum Gasteiger partial charge on any atom is 0.419 e. The highest BCUT2D eigenvalue weighted by molar-refractivity contribution is 5.99. The van der Waals surface area contributed by atoms with Crippen molar-refractivity contribution in [3.8, 4) is 0 Å². The first-order valence-corrected chi connectivity index (χ1v) is 6.90. The number of nitrogens with zero attached hydrogens (tertiary/aromatic N) is 1. The molecule has 10 heteroatoms. The molecule has 7 nitrogen and oxygen atoms in total. The SMILES string of the molecule is CCOC(=O)Cc1c(C(=O)OCC)c(C(F)(F)F)c(C(=O)O)n1C. The number of carbonyl (C=O) groups excluding carboxylic acids is 2. The number of carboxylic acids is 1. The molecule has 0 spiro atoms. The van der Waals surface area contributed by atoms with Crippen molar-refractivity contribution in [2.24, 2.45) is 7.05 Å². The average Bonchev–Trinajstić information content (AvgIpc) is 2.73. The zero-order chi connectivity index (χ0) is 18.7. The van der Waals surface area contributed by atoms with Crippen LogP contribution in [0, 0.1) is 0 Å². The maximum absolute atomic E-state index is 13.3. The Morgan fingerprint density at radius 2 is 1.67 bits per heavy atom. The lowest BCUT2D eigenvalue weighted by Crippen LogP contribution is -2.18. The summed E-state index contributed by atoms with van der Waals surface area (Å²) in [5.41, 5.74) is -4.21. The minimum Gasteiger partial charge on any atom is -0.477 e. The zero-order valence-corrected chi connectivity index (χ0v) is 13.2. The first-order valence-electron chi connectivity index (χ1n) is 6.90. The maximum atomic E-state index is 13.3. The van der Waals surface area contributed by atoms with Gasteiger partial charge < -0.3 is 19.1 Å². The molecule has 0 unspecified atom stereocenters. The second-order valence-electron chi connectivity index (χ2n) is 4.61. The highest BCUT2D eigenvalue weighted by Crippen LogP contribution is 2.38. The monoisotopic (exact) mass is 351 g/mol. The number of esters is 2. The molecule has 0 amide bonds. The highest BCUT2D eigenvalue weighted by Gasteiger charge is 2.45. The topological polar surface area (TPSA) is 94.8 Å². The molecule has 0 saturated carbocycles. The Hall–Kier alpha value is -2.52. The smallest absolute Gasteiger partial charge is 0.419 e. The van der Waals surface area contributed by atoms with Crippen LogP contribution in [-0.4, -0.2) is 40.8 Å². The van der Waals surface area contributed by atoms with E-state index in [9.17, 15) is 27.6 Å². The molecular weight excluding hydrogens is 335 g/mol. The molecule has 0 fully saturated rings. The number of hydrogen-bond acceptors (Lipinski definition) is 5. The van der Waals surface area contributed by atoms with Gasteiger partial charge in [0.1, 0.15) is 11.3 Å². The number of alkyl halides is 3. The summed E-state index contributed by atoms with van der Waals surface area (Å²) < 4.78 is 49.9. The summed E-state index contributed by atoms with van der Waals surface area (Å²) in [5.74, 6) is -4.13. The van der Waals surface area contributed by atoms with Crippen LogP contribution in [-0.2, 0) is 33.9 Å². The van der Waals surface area contributed by atoms with Gasteiger partial charge in [-0.25, -0.2) is 9.59 Å². The molecule has 1 aromatic rings. The van der Waals surface area contributed by atoms with Crippen molar-refractivity contribution in [1.29, 1.82) is 0 Å². The Bertz CT molecular complexity index is 662. The third kappa shape index (κ3) is 3.87. The highest BCUT2D eigenvalue weighted by atomic mass is 19.4. The van der Waals surface area contributed by atoms with E-state index in [1.165, 1.54) is 13.8 Å². The fraction of sp³-hybridized carbons (Fsp3) is 0.500. The molecule has 1 aromatic heterocycles. The van der Waals surface area contributed by atoms with Crippen molar-refractivity contribution in [1.82, 2.24) is 4.57 Å². The molecule has 0 aliphatic carbocycles. The molecule has 1 rings (SSSR count). The van der Waals surface area contributed by atoms with Crippen LogP contribution in [0.4, 0.5) is 13.2 Å². The lowest BCUT2D eigenvalue weighted by atomic mass is 10.1. The molecule has 0 bridgehead atoms. The van der Waals surface area contributed by atoms with E-state index in [-0.39, 0.29) is 13.2 Å². The summed E-state index contributed by atoms with van der Waals surface area (Å²) in [6.45, 7) is 2.65. The van der Waals surface area contributed by atoms with Gasteiger partial charge in [0.2, 0.25) is 0 Å². The summed E-state index contributed by atoms with van der Waals surface area (Å²) >= 11 is 0. The predicted octanol–water partition coefficient (Wildman–Crippen LogP) is 2.02. The molecule has 0 atom stereocenters.